The Hall–Kier alpha value is -0.120. The molecule has 0 aromatic rings. The number of hydrogen-bond acceptors (Lipinski definition) is 3. The third-order valence-corrected chi connectivity index (χ3v) is 2.43. The summed E-state index contributed by atoms with van der Waals surface area (Å²) < 4.78 is 5.45. The Morgan fingerprint density at radius 3 is 3.20 bits per heavy atom. The number of hydrogen-bond donors (Lipinski definition) is 1. The molecule has 0 aliphatic carbocycles. The van der Waals surface area contributed by atoms with Crippen LogP contribution in [0.4, 0.5) is 0 Å². The van der Waals surface area contributed by atoms with Crippen molar-refractivity contribution in [1.82, 2.24) is 4.90 Å². The number of nitrogens with zero attached hydrogens (tertiary/aromatic N) is 1. The van der Waals surface area contributed by atoms with E-state index in [1.807, 2.05) is 0 Å². The molecule has 2 aliphatic rings. The van der Waals surface area contributed by atoms with Gasteiger partial charge in [0.25, 0.3) is 0 Å². The van der Waals surface area contributed by atoms with Crippen LogP contribution in [-0.2, 0) is 4.74 Å². The van der Waals surface area contributed by atoms with Gasteiger partial charge in [0.15, 0.2) is 0 Å². The van der Waals surface area contributed by atoms with Crippen molar-refractivity contribution < 1.29 is 9.84 Å². The van der Waals surface area contributed by atoms with E-state index in [2.05, 4.69) is 4.90 Å². The summed E-state index contributed by atoms with van der Waals surface area (Å²) in [5.41, 5.74) is 0. The van der Waals surface area contributed by atoms with Gasteiger partial charge in [-0.05, 0) is 6.42 Å². The summed E-state index contributed by atoms with van der Waals surface area (Å²) in [6.07, 6.45) is 1.43. The molecule has 1 N–H and O–H groups in total. The molecule has 3 heteroatoms. The van der Waals surface area contributed by atoms with Crippen LogP contribution in [-0.4, -0.2) is 48.5 Å². The van der Waals surface area contributed by atoms with Gasteiger partial charge in [0, 0.05) is 19.1 Å². The lowest BCUT2D eigenvalue weighted by atomic mass is 10.2. The number of aliphatic hydroxyl groups excluding tert-OH is 1. The zero-order chi connectivity index (χ0) is 6.97. The van der Waals surface area contributed by atoms with Crippen LogP contribution in [0.15, 0.2) is 0 Å². The minimum Gasteiger partial charge on any atom is -0.395 e. The van der Waals surface area contributed by atoms with Crippen LogP contribution in [0.5, 0.6) is 0 Å². The lowest BCUT2D eigenvalue weighted by Gasteiger charge is -2.24. The molecule has 3 nitrogen and oxygen atoms in total. The molecule has 2 saturated heterocycles. The van der Waals surface area contributed by atoms with Crippen molar-refractivity contribution in [3.8, 4) is 0 Å². The van der Waals surface area contributed by atoms with Crippen molar-refractivity contribution in [3.63, 3.8) is 0 Å². The molecular weight excluding hydrogens is 130 g/mol. The molecular formula is C7H13NO2. The highest BCUT2D eigenvalue weighted by Crippen LogP contribution is 2.22. The molecule has 0 radical (unpaired) electrons. The number of morpholine rings is 1. The molecule has 0 aromatic carbocycles. The first kappa shape index (κ1) is 6.58. The normalized spacial score (nSPS) is 45.9. The Morgan fingerprint density at radius 1 is 1.60 bits per heavy atom. The Balaban J connectivity index is 2.01. The SMILES string of the molecule is OCC1CC2CN1CCO2. The Bertz CT molecular complexity index is 129. The maximum Gasteiger partial charge on any atom is 0.0718 e. The van der Waals surface area contributed by atoms with Gasteiger partial charge in [0.05, 0.1) is 19.3 Å². The zero-order valence-corrected chi connectivity index (χ0v) is 5.99. The van der Waals surface area contributed by atoms with Crippen molar-refractivity contribution in [2.75, 3.05) is 26.3 Å². The third-order valence-electron chi connectivity index (χ3n) is 2.43. The molecule has 2 heterocycles. The van der Waals surface area contributed by atoms with Crippen molar-refractivity contribution in [3.05, 3.63) is 0 Å². The van der Waals surface area contributed by atoms with Gasteiger partial charge in [-0.2, -0.15) is 0 Å². The van der Waals surface area contributed by atoms with Crippen LogP contribution in [0.1, 0.15) is 6.42 Å². The van der Waals surface area contributed by atoms with Gasteiger partial charge in [-0.15, -0.1) is 0 Å². The van der Waals surface area contributed by atoms with E-state index in [0.717, 1.165) is 26.1 Å². The third kappa shape index (κ3) is 0.944. The highest BCUT2D eigenvalue weighted by molar-refractivity contribution is 4.88. The second-order valence-corrected chi connectivity index (χ2v) is 3.06. The summed E-state index contributed by atoms with van der Waals surface area (Å²) in [6.45, 7) is 3.17. The van der Waals surface area contributed by atoms with E-state index in [9.17, 15) is 0 Å². The summed E-state index contributed by atoms with van der Waals surface area (Å²) in [5.74, 6) is 0. The van der Waals surface area contributed by atoms with E-state index >= 15 is 0 Å². The molecule has 2 rings (SSSR count). The largest absolute Gasteiger partial charge is 0.395 e. The summed E-state index contributed by atoms with van der Waals surface area (Å²) in [7, 11) is 0. The molecule has 0 aromatic heterocycles. The summed E-state index contributed by atoms with van der Waals surface area (Å²) >= 11 is 0. The van der Waals surface area contributed by atoms with Crippen LogP contribution in [0.2, 0.25) is 0 Å². The van der Waals surface area contributed by atoms with E-state index in [0.29, 0.717) is 18.8 Å². The van der Waals surface area contributed by atoms with Gasteiger partial charge >= 0.3 is 0 Å². The molecule has 0 amide bonds. The Labute approximate surface area is 60.6 Å². The van der Waals surface area contributed by atoms with Gasteiger partial charge in [0.2, 0.25) is 0 Å². The van der Waals surface area contributed by atoms with Gasteiger partial charge in [-0.1, -0.05) is 0 Å². The molecule has 10 heavy (non-hydrogen) atoms. The van der Waals surface area contributed by atoms with Crippen LogP contribution in [0.25, 0.3) is 0 Å². The minimum atomic E-state index is 0.292. The van der Waals surface area contributed by atoms with Crippen molar-refractivity contribution >= 4 is 0 Å². The fourth-order valence-corrected chi connectivity index (χ4v) is 1.86. The van der Waals surface area contributed by atoms with E-state index in [1.165, 1.54) is 0 Å². The maximum atomic E-state index is 8.92. The molecule has 58 valence electrons. The average molecular weight is 143 g/mol. The van der Waals surface area contributed by atoms with Crippen LogP contribution in [0.3, 0.4) is 0 Å². The first-order valence-electron chi connectivity index (χ1n) is 3.86. The minimum absolute atomic E-state index is 0.292. The van der Waals surface area contributed by atoms with Crippen molar-refractivity contribution in [2.24, 2.45) is 0 Å². The lowest BCUT2D eigenvalue weighted by Crippen LogP contribution is -2.38. The van der Waals surface area contributed by atoms with Gasteiger partial charge in [-0.25, -0.2) is 0 Å². The molecule has 3 atom stereocenters. The number of fused-ring (bicyclic) bond motifs is 2. The van der Waals surface area contributed by atoms with Crippen molar-refractivity contribution in [1.29, 1.82) is 0 Å². The number of ether oxygens (including phenoxy) is 1. The zero-order valence-electron chi connectivity index (χ0n) is 5.99. The number of aliphatic hydroxyl groups is 1. The lowest BCUT2D eigenvalue weighted by molar-refractivity contribution is 0.0134. The molecule has 3 unspecified atom stereocenters. The second kappa shape index (κ2) is 2.49. The van der Waals surface area contributed by atoms with Gasteiger partial charge in [-0.3, -0.25) is 4.90 Å². The van der Waals surface area contributed by atoms with E-state index in [1.54, 1.807) is 0 Å². The Morgan fingerprint density at radius 2 is 2.50 bits per heavy atom. The molecule has 0 saturated carbocycles. The predicted octanol–water partition coefficient (Wildman–Crippen LogP) is -0.548. The van der Waals surface area contributed by atoms with Gasteiger partial charge < -0.3 is 9.84 Å². The monoisotopic (exact) mass is 143 g/mol. The maximum absolute atomic E-state index is 8.92. The van der Waals surface area contributed by atoms with Crippen LogP contribution < -0.4 is 0 Å². The molecule has 2 fully saturated rings. The molecule has 0 spiro atoms. The van der Waals surface area contributed by atoms with Crippen LogP contribution in [0, 0.1) is 0 Å². The Kier molecular flexibility index (Phi) is 1.64. The summed E-state index contributed by atoms with van der Waals surface area (Å²) in [5, 5.41) is 8.92. The van der Waals surface area contributed by atoms with E-state index < -0.39 is 0 Å². The average Bonchev–Trinajstić information content (AvgIpc) is 2.26. The standard InChI is InChI=1S/C7H13NO2/c9-5-6-3-7-4-8(6)1-2-10-7/h6-7,9H,1-5H2. The highest BCUT2D eigenvalue weighted by atomic mass is 16.5. The topological polar surface area (TPSA) is 32.7 Å². The summed E-state index contributed by atoms with van der Waals surface area (Å²) in [6, 6.07) is 0.382. The molecule has 2 bridgehead atoms. The van der Waals surface area contributed by atoms with Gasteiger partial charge in [0.1, 0.15) is 0 Å². The van der Waals surface area contributed by atoms with E-state index in [4.69, 9.17) is 9.84 Å². The van der Waals surface area contributed by atoms with Crippen LogP contribution >= 0.6 is 0 Å². The van der Waals surface area contributed by atoms with E-state index in [-0.39, 0.29) is 0 Å². The van der Waals surface area contributed by atoms with Crippen molar-refractivity contribution in [2.45, 2.75) is 18.6 Å². The predicted molar refractivity (Wildman–Crippen MR) is 36.8 cm³/mol. The number of rotatable bonds is 1. The highest BCUT2D eigenvalue weighted by Gasteiger charge is 2.34. The second-order valence-electron chi connectivity index (χ2n) is 3.06. The first-order valence-corrected chi connectivity index (χ1v) is 3.86. The fraction of sp³-hybridized carbons (Fsp3) is 1.00. The summed E-state index contributed by atoms with van der Waals surface area (Å²) in [4.78, 5) is 2.31. The molecule has 2 aliphatic heterocycles. The fourth-order valence-electron chi connectivity index (χ4n) is 1.86. The quantitative estimate of drug-likeness (QED) is 0.534. The smallest absolute Gasteiger partial charge is 0.0718 e. The first-order chi connectivity index (χ1) is 4.90.